The Morgan fingerprint density at radius 1 is 0.933 bits per heavy atom. The topological polar surface area (TPSA) is 61.2 Å². The molecule has 1 aromatic heterocycles. The molecule has 0 saturated carbocycles. The maximum Gasteiger partial charge on any atom is 0.283 e. The van der Waals surface area contributed by atoms with E-state index in [1.54, 1.807) is 48.5 Å². The zero-order chi connectivity index (χ0) is 21.1. The van der Waals surface area contributed by atoms with Gasteiger partial charge in [0.2, 0.25) is 5.88 Å². The van der Waals surface area contributed by atoms with Gasteiger partial charge >= 0.3 is 0 Å². The Kier molecular flexibility index (Phi) is 5.61. The van der Waals surface area contributed by atoms with Gasteiger partial charge in [0.25, 0.3) is 10.0 Å². The second-order valence-electron chi connectivity index (χ2n) is 6.82. The van der Waals surface area contributed by atoms with Gasteiger partial charge in [-0.2, -0.15) is 12.5 Å². The summed E-state index contributed by atoms with van der Waals surface area (Å²) in [6.45, 7) is 2.17. The number of ether oxygens (including phenoxy) is 1. The van der Waals surface area contributed by atoms with Crippen molar-refractivity contribution >= 4 is 21.6 Å². The van der Waals surface area contributed by atoms with E-state index in [1.807, 2.05) is 37.3 Å². The van der Waals surface area contributed by atoms with Gasteiger partial charge in [-0.1, -0.05) is 71.8 Å². The van der Waals surface area contributed by atoms with Crippen LogP contribution in [-0.4, -0.2) is 17.6 Å². The minimum Gasteiger partial charge on any atom is -0.471 e. The first-order chi connectivity index (χ1) is 14.4. The van der Waals surface area contributed by atoms with Crippen LogP contribution in [0.15, 0.2) is 90.0 Å². The molecule has 0 bridgehead atoms. The molecule has 0 saturated heterocycles. The summed E-state index contributed by atoms with van der Waals surface area (Å²) in [6, 6.07) is 23.3. The molecule has 4 rings (SSSR count). The van der Waals surface area contributed by atoms with Gasteiger partial charge < -0.3 is 4.74 Å². The molecular weight excluding hydrogens is 420 g/mol. The fraction of sp³-hybridized carbons (Fsp3) is 0.0870. The van der Waals surface area contributed by atoms with Crippen LogP contribution in [0.3, 0.4) is 0 Å². The highest BCUT2D eigenvalue weighted by Gasteiger charge is 2.22. The van der Waals surface area contributed by atoms with Crippen molar-refractivity contribution < 1.29 is 13.2 Å². The molecule has 152 valence electrons. The summed E-state index contributed by atoms with van der Waals surface area (Å²) in [5, 5.41) is 4.86. The average Bonchev–Trinajstić information content (AvgIpc) is 3.19. The SMILES string of the molecule is Cc1ccc(S(=O)(=O)n2cc(-c3ccc(Cl)cc3)c(OCc3ccccc3)n2)cc1. The van der Waals surface area contributed by atoms with Crippen molar-refractivity contribution in [3.63, 3.8) is 0 Å². The van der Waals surface area contributed by atoms with Crippen LogP contribution < -0.4 is 4.74 Å². The molecule has 3 aromatic carbocycles. The molecule has 0 amide bonds. The number of halogens is 1. The van der Waals surface area contributed by atoms with E-state index in [4.69, 9.17) is 16.3 Å². The van der Waals surface area contributed by atoms with Crippen LogP contribution in [0.4, 0.5) is 0 Å². The third-order valence-electron chi connectivity index (χ3n) is 4.60. The maximum atomic E-state index is 13.1. The van der Waals surface area contributed by atoms with E-state index >= 15 is 0 Å². The van der Waals surface area contributed by atoms with Gasteiger partial charge in [-0.15, -0.1) is 5.10 Å². The van der Waals surface area contributed by atoms with E-state index in [-0.39, 0.29) is 17.4 Å². The number of rotatable bonds is 6. The Bertz CT molecular complexity index is 1250. The third-order valence-corrected chi connectivity index (χ3v) is 6.40. The smallest absolute Gasteiger partial charge is 0.283 e. The van der Waals surface area contributed by atoms with Gasteiger partial charge in [0, 0.05) is 5.02 Å². The zero-order valence-corrected chi connectivity index (χ0v) is 17.8. The first-order valence-corrected chi connectivity index (χ1v) is 11.1. The molecule has 0 aliphatic rings. The first-order valence-electron chi connectivity index (χ1n) is 9.28. The molecule has 7 heteroatoms. The Labute approximate surface area is 180 Å². The van der Waals surface area contributed by atoms with Crippen molar-refractivity contribution in [3.8, 4) is 17.0 Å². The number of aromatic nitrogens is 2. The van der Waals surface area contributed by atoms with Crippen LogP contribution in [0.1, 0.15) is 11.1 Å². The van der Waals surface area contributed by atoms with Gasteiger partial charge in [-0.3, -0.25) is 0 Å². The lowest BCUT2D eigenvalue weighted by Gasteiger charge is -2.06. The van der Waals surface area contributed by atoms with Crippen molar-refractivity contribution in [1.29, 1.82) is 0 Å². The monoisotopic (exact) mass is 438 g/mol. The van der Waals surface area contributed by atoms with E-state index in [1.165, 1.54) is 6.20 Å². The Morgan fingerprint density at radius 2 is 1.60 bits per heavy atom. The fourth-order valence-electron chi connectivity index (χ4n) is 2.94. The van der Waals surface area contributed by atoms with Crippen molar-refractivity contribution in [2.45, 2.75) is 18.4 Å². The van der Waals surface area contributed by atoms with E-state index in [2.05, 4.69) is 5.10 Å². The third kappa shape index (κ3) is 4.25. The molecule has 30 heavy (non-hydrogen) atoms. The Balaban J connectivity index is 1.74. The Hall–Kier alpha value is -3.09. The summed E-state index contributed by atoms with van der Waals surface area (Å²) in [5.41, 5.74) is 3.25. The van der Waals surface area contributed by atoms with Gasteiger partial charge in [-0.05, 0) is 42.3 Å². The van der Waals surface area contributed by atoms with Gasteiger partial charge in [-0.25, -0.2) is 0 Å². The number of hydrogen-bond donors (Lipinski definition) is 0. The van der Waals surface area contributed by atoms with Gasteiger partial charge in [0.15, 0.2) is 0 Å². The van der Waals surface area contributed by atoms with Crippen LogP contribution in [0.2, 0.25) is 5.02 Å². The van der Waals surface area contributed by atoms with E-state index in [0.29, 0.717) is 10.6 Å². The van der Waals surface area contributed by atoms with E-state index < -0.39 is 10.0 Å². The second-order valence-corrected chi connectivity index (χ2v) is 9.05. The molecule has 0 aliphatic carbocycles. The quantitative estimate of drug-likeness (QED) is 0.408. The van der Waals surface area contributed by atoms with Crippen molar-refractivity contribution in [1.82, 2.24) is 9.19 Å². The summed E-state index contributed by atoms with van der Waals surface area (Å²) in [4.78, 5) is 0.160. The van der Waals surface area contributed by atoms with Crippen LogP contribution in [0, 0.1) is 6.92 Å². The first kappa shape index (κ1) is 20.2. The normalized spacial score (nSPS) is 11.4. The predicted octanol–water partition coefficient (Wildman–Crippen LogP) is 5.33. The molecular formula is C23H19ClN2O3S. The molecule has 5 nitrogen and oxygen atoms in total. The molecule has 0 N–H and O–H groups in total. The number of hydrogen-bond acceptors (Lipinski definition) is 4. The minimum absolute atomic E-state index is 0.160. The molecule has 0 fully saturated rings. The van der Waals surface area contributed by atoms with Crippen LogP contribution >= 0.6 is 11.6 Å². The molecule has 0 spiro atoms. The summed E-state index contributed by atoms with van der Waals surface area (Å²) >= 11 is 6.00. The largest absolute Gasteiger partial charge is 0.471 e. The lowest BCUT2D eigenvalue weighted by atomic mass is 10.1. The fourth-order valence-corrected chi connectivity index (χ4v) is 4.19. The standard InChI is InChI=1S/C23H19ClN2O3S/c1-17-7-13-21(14-8-17)30(27,28)26-15-22(19-9-11-20(24)12-10-19)23(25-26)29-16-18-5-3-2-4-6-18/h2-15H,16H2,1H3. The molecule has 0 aliphatic heterocycles. The van der Waals surface area contributed by atoms with Crippen molar-refractivity contribution in [3.05, 3.63) is 101 Å². The van der Waals surface area contributed by atoms with Gasteiger partial charge in [0.05, 0.1) is 16.7 Å². The molecule has 0 radical (unpaired) electrons. The van der Waals surface area contributed by atoms with Crippen molar-refractivity contribution in [2.75, 3.05) is 0 Å². The highest BCUT2D eigenvalue weighted by molar-refractivity contribution is 7.89. The highest BCUT2D eigenvalue weighted by Crippen LogP contribution is 2.32. The molecule has 1 heterocycles. The molecule has 4 aromatic rings. The lowest BCUT2D eigenvalue weighted by Crippen LogP contribution is -2.13. The van der Waals surface area contributed by atoms with Crippen LogP contribution in [0.25, 0.3) is 11.1 Å². The van der Waals surface area contributed by atoms with Crippen LogP contribution in [0.5, 0.6) is 5.88 Å². The van der Waals surface area contributed by atoms with Crippen LogP contribution in [-0.2, 0) is 16.6 Å². The van der Waals surface area contributed by atoms with E-state index in [0.717, 1.165) is 20.8 Å². The highest BCUT2D eigenvalue weighted by atomic mass is 35.5. The van der Waals surface area contributed by atoms with E-state index in [9.17, 15) is 8.42 Å². The predicted molar refractivity (Wildman–Crippen MR) is 117 cm³/mol. The number of nitrogens with zero attached hydrogens (tertiary/aromatic N) is 2. The summed E-state index contributed by atoms with van der Waals surface area (Å²) in [5.74, 6) is 0.233. The average molecular weight is 439 g/mol. The Morgan fingerprint density at radius 3 is 2.27 bits per heavy atom. The lowest BCUT2D eigenvalue weighted by molar-refractivity contribution is 0.293. The molecule has 0 atom stereocenters. The number of benzene rings is 3. The maximum absolute atomic E-state index is 13.1. The second kappa shape index (κ2) is 8.34. The van der Waals surface area contributed by atoms with Gasteiger partial charge in [0.1, 0.15) is 6.61 Å². The molecule has 0 unspecified atom stereocenters. The minimum atomic E-state index is -3.86. The van der Waals surface area contributed by atoms with Crippen molar-refractivity contribution in [2.24, 2.45) is 0 Å². The summed E-state index contributed by atoms with van der Waals surface area (Å²) in [6.07, 6.45) is 1.47. The summed E-state index contributed by atoms with van der Waals surface area (Å²) < 4.78 is 33.1. The zero-order valence-electron chi connectivity index (χ0n) is 16.2. The summed E-state index contributed by atoms with van der Waals surface area (Å²) in [7, 11) is -3.86. The number of aryl methyl sites for hydroxylation is 1.